The molecule has 0 aliphatic heterocycles. The Hall–Kier alpha value is -4.53. The number of benzene rings is 3. The summed E-state index contributed by atoms with van der Waals surface area (Å²) in [5.74, 6) is 0.466. The zero-order valence-corrected chi connectivity index (χ0v) is 18.1. The van der Waals surface area contributed by atoms with E-state index in [1.54, 1.807) is 49.6 Å². The molecule has 0 aliphatic carbocycles. The number of rotatable bonds is 7. The van der Waals surface area contributed by atoms with Gasteiger partial charge >= 0.3 is 0 Å². The summed E-state index contributed by atoms with van der Waals surface area (Å²) in [6.07, 6.45) is 0. The molecule has 2 N–H and O–H groups in total. The molecule has 0 spiro atoms. The number of tetrazole rings is 1. The predicted octanol–water partition coefficient (Wildman–Crippen LogP) is 3.55. The summed E-state index contributed by atoms with van der Waals surface area (Å²) < 4.78 is 5.11. The molecule has 0 saturated carbocycles. The molecule has 1 heterocycles. The van der Waals surface area contributed by atoms with Crippen molar-refractivity contribution in [2.45, 2.75) is 13.5 Å². The van der Waals surface area contributed by atoms with Crippen LogP contribution in [0.4, 0.5) is 11.4 Å². The van der Waals surface area contributed by atoms with Crippen LogP contribution in [0.1, 0.15) is 15.9 Å². The van der Waals surface area contributed by atoms with Gasteiger partial charge in [-0.25, -0.2) is 0 Å². The van der Waals surface area contributed by atoms with Crippen molar-refractivity contribution in [3.05, 3.63) is 83.9 Å². The van der Waals surface area contributed by atoms with E-state index in [1.807, 2.05) is 37.3 Å². The highest BCUT2D eigenvalue weighted by Crippen LogP contribution is 2.25. The molecule has 9 heteroatoms. The molecule has 166 valence electrons. The number of hydrogen-bond donors (Lipinski definition) is 2. The van der Waals surface area contributed by atoms with Crippen LogP contribution < -0.4 is 15.4 Å². The van der Waals surface area contributed by atoms with E-state index >= 15 is 0 Å². The average Bonchev–Trinajstić information content (AvgIpc) is 3.28. The van der Waals surface area contributed by atoms with Gasteiger partial charge in [-0.1, -0.05) is 30.3 Å². The first-order valence-corrected chi connectivity index (χ1v) is 10.2. The van der Waals surface area contributed by atoms with Crippen molar-refractivity contribution < 1.29 is 14.3 Å². The Morgan fingerprint density at radius 2 is 1.67 bits per heavy atom. The summed E-state index contributed by atoms with van der Waals surface area (Å²) in [4.78, 5) is 26.3. The minimum Gasteiger partial charge on any atom is -0.497 e. The monoisotopic (exact) mass is 442 g/mol. The molecule has 4 rings (SSSR count). The number of carbonyl (C=O) groups is 2. The molecule has 0 atom stereocenters. The zero-order valence-electron chi connectivity index (χ0n) is 18.1. The normalized spacial score (nSPS) is 10.5. The van der Waals surface area contributed by atoms with Crippen molar-refractivity contribution in [3.8, 4) is 17.1 Å². The van der Waals surface area contributed by atoms with E-state index < -0.39 is 0 Å². The number of aryl methyl sites for hydroxylation is 1. The molecule has 0 unspecified atom stereocenters. The molecule has 33 heavy (non-hydrogen) atoms. The number of carbonyl (C=O) groups excluding carboxylic acids is 2. The highest BCUT2D eigenvalue weighted by molar-refractivity contribution is 6.06. The maximum atomic E-state index is 12.7. The molecular formula is C24H22N6O3. The number of para-hydroxylation sites is 1. The van der Waals surface area contributed by atoms with Crippen LogP contribution in [0.2, 0.25) is 0 Å². The van der Waals surface area contributed by atoms with Gasteiger partial charge in [-0.05, 0) is 60.2 Å². The number of anilines is 2. The van der Waals surface area contributed by atoms with Crippen molar-refractivity contribution in [3.63, 3.8) is 0 Å². The van der Waals surface area contributed by atoms with Crippen molar-refractivity contribution in [2.24, 2.45) is 0 Å². The highest BCUT2D eigenvalue weighted by atomic mass is 16.5. The Labute approximate surface area is 190 Å². The Bertz CT molecular complexity index is 1280. The molecule has 0 saturated heterocycles. The fourth-order valence-electron chi connectivity index (χ4n) is 3.23. The Kier molecular flexibility index (Phi) is 6.40. The van der Waals surface area contributed by atoms with Crippen LogP contribution in [0.5, 0.6) is 5.75 Å². The van der Waals surface area contributed by atoms with E-state index in [0.29, 0.717) is 34.1 Å². The lowest BCUT2D eigenvalue weighted by atomic mass is 10.1. The van der Waals surface area contributed by atoms with Crippen LogP contribution in [-0.4, -0.2) is 39.1 Å². The molecule has 9 nitrogen and oxygen atoms in total. The largest absolute Gasteiger partial charge is 0.497 e. The van der Waals surface area contributed by atoms with E-state index in [9.17, 15) is 9.59 Å². The maximum Gasteiger partial charge on any atom is 0.255 e. The van der Waals surface area contributed by atoms with Gasteiger partial charge in [0.1, 0.15) is 12.3 Å². The number of amides is 2. The van der Waals surface area contributed by atoms with Crippen LogP contribution >= 0.6 is 0 Å². The van der Waals surface area contributed by atoms with E-state index in [0.717, 1.165) is 5.56 Å². The first-order chi connectivity index (χ1) is 16.0. The van der Waals surface area contributed by atoms with Gasteiger partial charge in [0.15, 0.2) is 0 Å². The molecule has 0 aliphatic rings. The van der Waals surface area contributed by atoms with Crippen molar-refractivity contribution in [2.75, 3.05) is 17.7 Å². The van der Waals surface area contributed by atoms with E-state index in [-0.39, 0.29) is 18.4 Å². The lowest BCUT2D eigenvalue weighted by Crippen LogP contribution is -2.20. The molecule has 0 radical (unpaired) electrons. The summed E-state index contributed by atoms with van der Waals surface area (Å²) in [7, 11) is 1.58. The lowest BCUT2D eigenvalue weighted by Gasteiger charge is -2.10. The molecule has 3 aromatic carbocycles. The van der Waals surface area contributed by atoms with Gasteiger partial charge in [0.25, 0.3) is 5.91 Å². The number of hydrogen-bond acceptors (Lipinski definition) is 6. The fourth-order valence-corrected chi connectivity index (χ4v) is 3.23. The molecule has 1 aromatic heterocycles. The molecule has 0 fully saturated rings. The third-order valence-corrected chi connectivity index (χ3v) is 4.92. The quantitative estimate of drug-likeness (QED) is 0.453. The zero-order chi connectivity index (χ0) is 23.2. The van der Waals surface area contributed by atoms with Crippen LogP contribution in [0.3, 0.4) is 0 Å². The van der Waals surface area contributed by atoms with Crippen molar-refractivity contribution in [1.82, 2.24) is 20.2 Å². The molecule has 2 amide bonds. The number of aromatic nitrogens is 4. The second-order valence-corrected chi connectivity index (χ2v) is 7.23. The van der Waals surface area contributed by atoms with Crippen LogP contribution in [-0.2, 0) is 11.3 Å². The second kappa shape index (κ2) is 9.73. The average molecular weight is 442 g/mol. The van der Waals surface area contributed by atoms with Crippen molar-refractivity contribution in [1.29, 1.82) is 0 Å². The van der Waals surface area contributed by atoms with E-state index in [1.165, 1.54) is 4.80 Å². The summed E-state index contributed by atoms with van der Waals surface area (Å²) in [6, 6.07) is 21.5. The van der Waals surface area contributed by atoms with Gasteiger partial charge < -0.3 is 15.4 Å². The third-order valence-electron chi connectivity index (χ3n) is 4.92. The van der Waals surface area contributed by atoms with Crippen LogP contribution in [0.15, 0.2) is 72.8 Å². The van der Waals surface area contributed by atoms with E-state index in [2.05, 4.69) is 26.0 Å². The van der Waals surface area contributed by atoms with Gasteiger partial charge in [0, 0.05) is 16.8 Å². The Morgan fingerprint density at radius 1 is 0.939 bits per heavy atom. The number of nitrogens with one attached hydrogen (secondary N) is 2. The molecule has 4 aromatic rings. The van der Waals surface area contributed by atoms with E-state index in [4.69, 9.17) is 4.74 Å². The summed E-state index contributed by atoms with van der Waals surface area (Å²) in [5.41, 5.74) is 3.23. The third kappa shape index (κ3) is 5.21. The Balaban J connectivity index is 1.46. The van der Waals surface area contributed by atoms with Gasteiger partial charge in [0.05, 0.1) is 12.8 Å². The van der Waals surface area contributed by atoms with Crippen molar-refractivity contribution >= 4 is 23.2 Å². The lowest BCUT2D eigenvalue weighted by molar-refractivity contribution is -0.117. The van der Waals surface area contributed by atoms with Gasteiger partial charge in [-0.2, -0.15) is 4.80 Å². The summed E-state index contributed by atoms with van der Waals surface area (Å²) >= 11 is 0. The van der Waals surface area contributed by atoms with Gasteiger partial charge in [0.2, 0.25) is 11.7 Å². The minimum absolute atomic E-state index is 0.114. The first-order valence-electron chi connectivity index (χ1n) is 10.2. The highest BCUT2D eigenvalue weighted by Gasteiger charge is 2.16. The van der Waals surface area contributed by atoms with Gasteiger partial charge in [-0.3, -0.25) is 9.59 Å². The second-order valence-electron chi connectivity index (χ2n) is 7.23. The predicted molar refractivity (Wildman–Crippen MR) is 124 cm³/mol. The standard InChI is InChI=1S/C24H22N6O3/c1-16-7-3-4-8-19(16)24(32)26-21-10-6-5-9-20(21)23-27-29-30(28-23)15-22(31)25-17-11-13-18(33-2)14-12-17/h3-14H,15H2,1-2H3,(H,25,31)(H,26,32). The van der Waals surface area contributed by atoms with Gasteiger partial charge in [-0.15, -0.1) is 10.2 Å². The molecule has 0 bridgehead atoms. The minimum atomic E-state index is -0.301. The Morgan fingerprint density at radius 3 is 2.42 bits per heavy atom. The summed E-state index contributed by atoms with van der Waals surface area (Å²) in [6.45, 7) is 1.77. The first kappa shape index (κ1) is 21.7. The van der Waals surface area contributed by atoms with Crippen LogP contribution in [0.25, 0.3) is 11.4 Å². The maximum absolute atomic E-state index is 12.7. The topological polar surface area (TPSA) is 111 Å². The smallest absolute Gasteiger partial charge is 0.255 e. The molecular weight excluding hydrogens is 420 g/mol. The number of ether oxygens (including phenoxy) is 1. The number of nitrogens with zero attached hydrogens (tertiary/aromatic N) is 4. The number of methoxy groups -OCH3 is 1. The fraction of sp³-hybridized carbons (Fsp3) is 0.125. The van der Waals surface area contributed by atoms with Crippen LogP contribution in [0, 0.1) is 6.92 Å². The summed E-state index contributed by atoms with van der Waals surface area (Å²) in [5, 5.41) is 18.0. The SMILES string of the molecule is COc1ccc(NC(=O)Cn2nnc(-c3ccccc3NC(=O)c3ccccc3C)n2)cc1.